The smallest absolute Gasteiger partial charge is 0.0801 e. The lowest BCUT2D eigenvalue weighted by Gasteiger charge is -2.02. The Balaban J connectivity index is 0. The van der Waals surface area contributed by atoms with E-state index in [0.29, 0.717) is 0 Å². The number of hydrogen-bond donors (Lipinski definition) is 1. The molecule has 1 N–H and O–H groups in total. The zero-order valence-electron chi connectivity index (χ0n) is 8.57. The van der Waals surface area contributed by atoms with Gasteiger partial charge in [-0.25, -0.2) is 0 Å². The highest BCUT2D eigenvalue weighted by molar-refractivity contribution is 4.80. The summed E-state index contributed by atoms with van der Waals surface area (Å²) in [4.78, 5) is 1.53. The van der Waals surface area contributed by atoms with Gasteiger partial charge in [-0.15, -0.1) is 0 Å². The second kappa shape index (κ2) is 11.0. The zero-order valence-corrected chi connectivity index (χ0v) is 9.32. The van der Waals surface area contributed by atoms with Gasteiger partial charge in [0.2, 0.25) is 0 Å². The van der Waals surface area contributed by atoms with Crippen LogP contribution < -0.4 is 17.3 Å². The largest absolute Gasteiger partial charge is 1.00 e. The van der Waals surface area contributed by atoms with E-state index < -0.39 is 0 Å². The third-order valence-electron chi connectivity index (χ3n) is 1.70. The van der Waals surface area contributed by atoms with Crippen LogP contribution in [0.3, 0.4) is 0 Å². The van der Waals surface area contributed by atoms with Crippen LogP contribution in [0.5, 0.6) is 0 Å². The Morgan fingerprint density at radius 2 is 1.67 bits per heavy atom. The van der Waals surface area contributed by atoms with Crippen LogP contribution in [0.2, 0.25) is 0 Å². The lowest BCUT2D eigenvalue weighted by molar-refractivity contribution is -0.857. The van der Waals surface area contributed by atoms with Crippen LogP contribution in [0.25, 0.3) is 0 Å². The van der Waals surface area contributed by atoms with Crippen LogP contribution in [0.1, 0.15) is 32.6 Å². The van der Waals surface area contributed by atoms with Crippen LogP contribution >= 0.6 is 0 Å². The van der Waals surface area contributed by atoms with Crippen molar-refractivity contribution in [1.29, 1.82) is 0 Å². The lowest BCUT2D eigenvalue weighted by atomic mass is 10.2. The third-order valence-corrected chi connectivity index (χ3v) is 1.70. The number of hydrogen-bond acceptors (Lipinski definition) is 0. The average Bonchev–Trinajstić information content (AvgIpc) is 1.96. The molecule has 2 heteroatoms. The normalized spacial score (nSPS) is 10.7. The van der Waals surface area contributed by atoms with Crippen molar-refractivity contribution in [2.75, 3.05) is 20.6 Å². The fourth-order valence-corrected chi connectivity index (χ4v) is 0.930. The van der Waals surface area contributed by atoms with E-state index in [1.807, 2.05) is 0 Å². The molecule has 0 unspecified atom stereocenters. The number of halogens is 1. The van der Waals surface area contributed by atoms with E-state index in [9.17, 15) is 0 Å². The molecule has 0 aromatic heterocycles. The summed E-state index contributed by atoms with van der Waals surface area (Å²) in [6.07, 6.45) is 9.76. The van der Waals surface area contributed by atoms with E-state index in [0.717, 1.165) is 0 Å². The summed E-state index contributed by atoms with van der Waals surface area (Å²) in [5.41, 5.74) is 0. The second-order valence-electron chi connectivity index (χ2n) is 3.36. The Bertz CT molecular complexity index is 100. The first-order chi connectivity index (χ1) is 5.27. The molecule has 0 heterocycles. The third kappa shape index (κ3) is 12.6. The standard InChI is InChI=1S/C10H21N.ClH/c1-4-5-6-7-8-9-10-11(2)3;/h7-8H,4-6,9-10H2,1-3H3;1H/b8-7+;. The summed E-state index contributed by atoms with van der Waals surface area (Å²) in [7, 11) is 4.39. The van der Waals surface area contributed by atoms with E-state index in [-0.39, 0.29) is 12.4 Å². The second-order valence-corrected chi connectivity index (χ2v) is 3.36. The molecule has 0 rings (SSSR count). The Labute approximate surface area is 83.2 Å². The number of rotatable bonds is 6. The van der Waals surface area contributed by atoms with Crippen molar-refractivity contribution in [2.24, 2.45) is 0 Å². The molecule has 12 heavy (non-hydrogen) atoms. The first-order valence-electron chi connectivity index (χ1n) is 4.71. The van der Waals surface area contributed by atoms with Crippen molar-refractivity contribution in [2.45, 2.75) is 32.6 Å². The van der Waals surface area contributed by atoms with Gasteiger partial charge in [0.25, 0.3) is 0 Å². The van der Waals surface area contributed by atoms with Crippen molar-refractivity contribution < 1.29 is 17.3 Å². The highest BCUT2D eigenvalue weighted by atomic mass is 35.5. The van der Waals surface area contributed by atoms with Crippen molar-refractivity contribution >= 4 is 0 Å². The number of nitrogens with one attached hydrogen (secondary N) is 1. The lowest BCUT2D eigenvalue weighted by Crippen LogP contribution is -3.05. The van der Waals surface area contributed by atoms with E-state index in [1.54, 1.807) is 0 Å². The van der Waals surface area contributed by atoms with Crippen molar-refractivity contribution in [3.63, 3.8) is 0 Å². The maximum Gasteiger partial charge on any atom is 0.0801 e. The first-order valence-corrected chi connectivity index (χ1v) is 4.71. The van der Waals surface area contributed by atoms with Gasteiger partial charge in [-0.2, -0.15) is 0 Å². The molecule has 0 aliphatic heterocycles. The van der Waals surface area contributed by atoms with Gasteiger partial charge in [-0.3, -0.25) is 0 Å². The zero-order chi connectivity index (χ0) is 8.53. The minimum Gasteiger partial charge on any atom is -1.00 e. The molecule has 0 aliphatic rings. The van der Waals surface area contributed by atoms with Gasteiger partial charge in [0.1, 0.15) is 0 Å². The van der Waals surface area contributed by atoms with Gasteiger partial charge < -0.3 is 17.3 Å². The molecule has 0 radical (unpaired) electrons. The predicted molar refractivity (Wildman–Crippen MR) is 51.0 cm³/mol. The van der Waals surface area contributed by atoms with E-state index >= 15 is 0 Å². The van der Waals surface area contributed by atoms with Crippen LogP contribution in [0, 0.1) is 0 Å². The summed E-state index contributed by atoms with van der Waals surface area (Å²) in [6.45, 7) is 3.49. The summed E-state index contributed by atoms with van der Waals surface area (Å²) in [5.74, 6) is 0. The molecule has 0 aromatic rings. The first kappa shape index (κ1) is 14.5. The molecular formula is C10H22ClN. The number of quaternary nitrogens is 1. The quantitative estimate of drug-likeness (QED) is 0.376. The summed E-state index contributed by atoms with van der Waals surface area (Å²) >= 11 is 0. The Hall–Kier alpha value is -0.0100. The molecule has 0 saturated carbocycles. The van der Waals surface area contributed by atoms with Crippen molar-refractivity contribution in [3.05, 3.63) is 12.2 Å². The minimum absolute atomic E-state index is 0. The molecule has 0 atom stereocenters. The van der Waals surface area contributed by atoms with Crippen molar-refractivity contribution in [1.82, 2.24) is 0 Å². The van der Waals surface area contributed by atoms with Gasteiger partial charge >= 0.3 is 0 Å². The van der Waals surface area contributed by atoms with Crippen LogP contribution in [-0.4, -0.2) is 20.6 Å². The Morgan fingerprint density at radius 1 is 1.08 bits per heavy atom. The Morgan fingerprint density at radius 3 is 2.17 bits per heavy atom. The summed E-state index contributed by atoms with van der Waals surface area (Å²) in [5, 5.41) is 0. The summed E-state index contributed by atoms with van der Waals surface area (Å²) in [6, 6.07) is 0. The molecule has 0 saturated heterocycles. The topological polar surface area (TPSA) is 4.44 Å². The summed E-state index contributed by atoms with van der Waals surface area (Å²) < 4.78 is 0. The number of unbranched alkanes of at least 4 members (excludes halogenated alkanes) is 2. The SMILES string of the molecule is CCCC/C=C/CC[NH+](C)C.[Cl-]. The fourth-order valence-electron chi connectivity index (χ4n) is 0.930. The minimum atomic E-state index is 0. The molecule has 1 nitrogen and oxygen atoms in total. The molecule has 0 amide bonds. The fraction of sp³-hybridized carbons (Fsp3) is 0.800. The maximum atomic E-state index is 2.31. The molecule has 0 fully saturated rings. The van der Waals surface area contributed by atoms with Gasteiger partial charge in [-0.05, 0) is 6.42 Å². The van der Waals surface area contributed by atoms with Crippen LogP contribution in [0.4, 0.5) is 0 Å². The van der Waals surface area contributed by atoms with E-state index in [4.69, 9.17) is 0 Å². The molecular weight excluding hydrogens is 170 g/mol. The molecule has 74 valence electrons. The van der Waals surface area contributed by atoms with Gasteiger partial charge in [0, 0.05) is 6.42 Å². The number of allylic oxidation sites excluding steroid dienone is 1. The predicted octanol–water partition coefficient (Wildman–Crippen LogP) is -1.73. The van der Waals surface area contributed by atoms with E-state index in [1.165, 1.54) is 37.1 Å². The van der Waals surface area contributed by atoms with Gasteiger partial charge in [0.05, 0.1) is 20.6 Å². The molecule has 0 aliphatic carbocycles. The maximum absolute atomic E-state index is 2.31. The van der Waals surface area contributed by atoms with Gasteiger partial charge in [-0.1, -0.05) is 31.9 Å². The Kier molecular flexibility index (Phi) is 13.3. The highest BCUT2D eigenvalue weighted by Gasteiger charge is 1.87. The molecule has 0 bridgehead atoms. The highest BCUT2D eigenvalue weighted by Crippen LogP contribution is 1.94. The van der Waals surface area contributed by atoms with Crippen LogP contribution in [0.15, 0.2) is 12.2 Å². The van der Waals surface area contributed by atoms with Gasteiger partial charge in [0.15, 0.2) is 0 Å². The average molecular weight is 192 g/mol. The monoisotopic (exact) mass is 191 g/mol. The van der Waals surface area contributed by atoms with E-state index in [2.05, 4.69) is 33.2 Å². The van der Waals surface area contributed by atoms with Crippen molar-refractivity contribution in [3.8, 4) is 0 Å². The molecule has 0 spiro atoms. The van der Waals surface area contributed by atoms with Crippen LogP contribution in [-0.2, 0) is 0 Å². The molecule has 0 aromatic carbocycles.